The first-order valence-corrected chi connectivity index (χ1v) is 9.24. The van der Waals surface area contributed by atoms with Crippen molar-refractivity contribution in [2.75, 3.05) is 23.9 Å². The molecule has 0 saturated carbocycles. The van der Waals surface area contributed by atoms with E-state index < -0.39 is 0 Å². The van der Waals surface area contributed by atoms with E-state index in [1.54, 1.807) is 0 Å². The van der Waals surface area contributed by atoms with Crippen LogP contribution in [0.25, 0.3) is 10.6 Å². The molecular formula is C16H19N3O3S2. The minimum absolute atomic E-state index is 0.146. The molecule has 0 radical (unpaired) electrons. The van der Waals surface area contributed by atoms with Crippen molar-refractivity contribution >= 4 is 40.1 Å². The number of thioether (sulfide) groups is 1. The Bertz CT molecular complexity index is 736. The summed E-state index contributed by atoms with van der Waals surface area (Å²) in [6, 6.07) is 4.21. The van der Waals surface area contributed by atoms with Crippen molar-refractivity contribution in [3.8, 4) is 10.6 Å². The number of ether oxygens (including phenoxy) is 1. The van der Waals surface area contributed by atoms with Crippen LogP contribution in [0.2, 0.25) is 0 Å². The van der Waals surface area contributed by atoms with Gasteiger partial charge in [0.1, 0.15) is 5.01 Å². The number of hydrogen-bond acceptors (Lipinski definition) is 7. The van der Waals surface area contributed by atoms with E-state index in [9.17, 15) is 9.59 Å². The predicted octanol–water partition coefficient (Wildman–Crippen LogP) is 2.98. The second-order valence-corrected chi connectivity index (χ2v) is 7.27. The maximum absolute atomic E-state index is 11.9. The van der Waals surface area contributed by atoms with Crippen LogP contribution >= 0.6 is 23.1 Å². The highest BCUT2D eigenvalue weighted by atomic mass is 32.2. The lowest BCUT2D eigenvalue weighted by atomic mass is 10.0. The third kappa shape index (κ3) is 4.78. The molecule has 0 aliphatic heterocycles. The third-order valence-electron chi connectivity index (χ3n) is 3.24. The molecule has 2 aromatic rings. The fourth-order valence-electron chi connectivity index (χ4n) is 2.33. The lowest BCUT2D eigenvalue weighted by Gasteiger charge is -2.07. The van der Waals surface area contributed by atoms with Gasteiger partial charge in [0, 0.05) is 5.56 Å². The summed E-state index contributed by atoms with van der Waals surface area (Å²) in [5, 5.41) is 12.2. The van der Waals surface area contributed by atoms with Crippen molar-refractivity contribution < 1.29 is 14.3 Å². The smallest absolute Gasteiger partial charge is 0.315 e. The number of methoxy groups -OCH3 is 1. The number of hydrogen-bond donors (Lipinski definition) is 1. The summed E-state index contributed by atoms with van der Waals surface area (Å²) in [7, 11) is 1.32. The van der Waals surface area contributed by atoms with Crippen molar-refractivity contribution in [2.24, 2.45) is 0 Å². The molecule has 8 heteroatoms. The molecule has 1 heterocycles. The molecule has 1 N–H and O–H groups in total. The quantitative estimate of drug-likeness (QED) is 0.793. The zero-order valence-corrected chi connectivity index (χ0v) is 15.6. The topological polar surface area (TPSA) is 81.2 Å². The number of nitrogens with zero attached hydrogens (tertiary/aromatic N) is 2. The van der Waals surface area contributed by atoms with Crippen LogP contribution in [0.4, 0.5) is 5.13 Å². The summed E-state index contributed by atoms with van der Waals surface area (Å²) >= 11 is 2.53. The van der Waals surface area contributed by atoms with E-state index in [0.717, 1.165) is 21.7 Å². The Kier molecular flexibility index (Phi) is 6.33. The molecule has 0 saturated heterocycles. The van der Waals surface area contributed by atoms with Crippen LogP contribution in [0, 0.1) is 20.8 Å². The number of carbonyl (C=O) groups excluding carboxylic acids is 2. The van der Waals surface area contributed by atoms with Crippen molar-refractivity contribution in [2.45, 2.75) is 20.8 Å². The third-order valence-corrected chi connectivity index (χ3v) is 5.01. The minimum Gasteiger partial charge on any atom is -0.468 e. The van der Waals surface area contributed by atoms with E-state index in [-0.39, 0.29) is 23.4 Å². The van der Waals surface area contributed by atoms with Crippen molar-refractivity contribution in [3.05, 3.63) is 28.8 Å². The highest BCUT2D eigenvalue weighted by Gasteiger charge is 2.14. The van der Waals surface area contributed by atoms with Crippen LogP contribution in [-0.4, -0.2) is 40.7 Å². The van der Waals surface area contributed by atoms with Gasteiger partial charge in [0.25, 0.3) is 0 Å². The van der Waals surface area contributed by atoms with E-state index in [0.29, 0.717) is 5.13 Å². The molecule has 0 aliphatic rings. The van der Waals surface area contributed by atoms with Crippen LogP contribution in [0.1, 0.15) is 16.7 Å². The Balaban J connectivity index is 2.01. The van der Waals surface area contributed by atoms with E-state index >= 15 is 0 Å². The molecule has 0 bridgehead atoms. The highest BCUT2D eigenvalue weighted by molar-refractivity contribution is 8.00. The SMILES string of the molecule is COC(=O)CSCC(=O)Nc1nnc(-c2c(C)cc(C)cc2C)s1. The lowest BCUT2D eigenvalue weighted by molar-refractivity contribution is -0.137. The van der Waals surface area contributed by atoms with Gasteiger partial charge in [0.2, 0.25) is 11.0 Å². The lowest BCUT2D eigenvalue weighted by Crippen LogP contribution is -2.15. The van der Waals surface area contributed by atoms with Crippen LogP contribution in [0.5, 0.6) is 0 Å². The molecular weight excluding hydrogens is 346 g/mol. The van der Waals surface area contributed by atoms with Gasteiger partial charge >= 0.3 is 5.97 Å². The van der Waals surface area contributed by atoms with Crippen molar-refractivity contribution in [1.29, 1.82) is 0 Å². The number of esters is 1. The maximum Gasteiger partial charge on any atom is 0.315 e. The van der Waals surface area contributed by atoms with Crippen LogP contribution < -0.4 is 5.32 Å². The zero-order valence-electron chi connectivity index (χ0n) is 14.0. The standard InChI is InChI=1S/C16H19N3O3S2/c1-9-5-10(2)14(11(3)6-9)15-18-19-16(24-15)17-12(20)7-23-8-13(21)22-4/h5-6H,7-8H2,1-4H3,(H,17,19,20). The van der Waals surface area contributed by atoms with Gasteiger partial charge in [0.05, 0.1) is 18.6 Å². The highest BCUT2D eigenvalue weighted by Crippen LogP contribution is 2.32. The molecule has 0 unspecified atom stereocenters. The number of benzene rings is 1. The minimum atomic E-state index is -0.351. The number of aryl methyl sites for hydroxylation is 3. The van der Waals surface area contributed by atoms with Crippen LogP contribution in [0.15, 0.2) is 12.1 Å². The molecule has 24 heavy (non-hydrogen) atoms. The molecule has 0 atom stereocenters. The Hall–Kier alpha value is -1.93. The summed E-state index contributed by atoms with van der Waals surface area (Å²) in [5.41, 5.74) is 4.53. The van der Waals surface area contributed by atoms with Gasteiger partial charge in [-0.1, -0.05) is 29.0 Å². The molecule has 128 valence electrons. The molecule has 1 amide bonds. The largest absolute Gasteiger partial charge is 0.468 e. The number of amides is 1. The number of rotatable bonds is 6. The molecule has 6 nitrogen and oxygen atoms in total. The molecule has 0 fully saturated rings. The van der Waals surface area contributed by atoms with Gasteiger partial charge in [-0.2, -0.15) is 0 Å². The van der Waals surface area contributed by atoms with Gasteiger partial charge in [0.15, 0.2) is 0 Å². The zero-order chi connectivity index (χ0) is 17.7. The first kappa shape index (κ1) is 18.4. The summed E-state index contributed by atoms with van der Waals surface area (Å²) in [4.78, 5) is 22.9. The number of anilines is 1. The van der Waals surface area contributed by atoms with E-state index in [4.69, 9.17) is 0 Å². The van der Waals surface area contributed by atoms with Gasteiger partial charge in [-0.05, 0) is 31.9 Å². The fourth-order valence-corrected chi connectivity index (χ4v) is 3.91. The number of nitrogens with one attached hydrogen (secondary N) is 1. The average Bonchev–Trinajstić information content (AvgIpc) is 2.93. The Morgan fingerprint density at radius 2 is 1.83 bits per heavy atom. The van der Waals surface area contributed by atoms with Crippen LogP contribution in [-0.2, 0) is 14.3 Å². The van der Waals surface area contributed by atoms with Crippen molar-refractivity contribution in [1.82, 2.24) is 10.2 Å². The fraction of sp³-hybridized carbons (Fsp3) is 0.375. The van der Waals surface area contributed by atoms with Crippen molar-refractivity contribution in [3.63, 3.8) is 0 Å². The van der Waals surface area contributed by atoms with E-state index in [2.05, 4.69) is 39.3 Å². The van der Waals surface area contributed by atoms with Gasteiger partial charge in [-0.3, -0.25) is 14.9 Å². The number of carbonyl (C=O) groups is 2. The predicted molar refractivity (Wildman–Crippen MR) is 97.5 cm³/mol. The normalized spacial score (nSPS) is 10.5. The average molecular weight is 365 g/mol. The monoisotopic (exact) mass is 365 g/mol. The Morgan fingerprint density at radius 1 is 1.17 bits per heavy atom. The van der Waals surface area contributed by atoms with Gasteiger partial charge in [-0.25, -0.2) is 0 Å². The Morgan fingerprint density at radius 3 is 2.46 bits per heavy atom. The Labute approximate surface area is 149 Å². The van der Waals surface area contributed by atoms with Gasteiger partial charge < -0.3 is 4.74 Å². The molecule has 1 aromatic carbocycles. The summed E-state index contributed by atoms with van der Waals surface area (Å²) in [5.74, 6) is -0.264. The molecule has 1 aromatic heterocycles. The second-order valence-electron chi connectivity index (χ2n) is 5.30. The summed E-state index contributed by atoms with van der Waals surface area (Å²) < 4.78 is 4.52. The number of aromatic nitrogens is 2. The molecule has 2 rings (SSSR count). The summed E-state index contributed by atoms with van der Waals surface area (Å²) in [6.45, 7) is 6.14. The van der Waals surface area contributed by atoms with Crippen LogP contribution in [0.3, 0.4) is 0 Å². The first-order valence-electron chi connectivity index (χ1n) is 7.27. The second kappa shape index (κ2) is 8.25. The first-order chi connectivity index (χ1) is 11.4. The molecule has 0 spiro atoms. The van der Waals surface area contributed by atoms with E-state index in [1.807, 2.05) is 13.8 Å². The van der Waals surface area contributed by atoms with E-state index in [1.165, 1.54) is 35.8 Å². The molecule has 0 aliphatic carbocycles. The van der Waals surface area contributed by atoms with Gasteiger partial charge in [-0.15, -0.1) is 22.0 Å². The summed E-state index contributed by atoms with van der Waals surface area (Å²) in [6.07, 6.45) is 0. The maximum atomic E-state index is 11.9.